The van der Waals surface area contributed by atoms with Crippen molar-refractivity contribution in [1.29, 1.82) is 0 Å². The molecule has 26 heavy (non-hydrogen) atoms. The molecule has 0 unspecified atom stereocenters. The van der Waals surface area contributed by atoms with Crippen molar-refractivity contribution in [3.63, 3.8) is 0 Å². The van der Waals surface area contributed by atoms with Crippen LogP contribution >= 0.6 is 12.2 Å². The summed E-state index contributed by atoms with van der Waals surface area (Å²) in [4.78, 5) is 4.40. The fourth-order valence-electron chi connectivity index (χ4n) is 2.75. The van der Waals surface area contributed by atoms with Crippen LogP contribution in [0.15, 0.2) is 54.7 Å². The largest absolute Gasteiger partial charge is 0.497 e. The van der Waals surface area contributed by atoms with Crippen LogP contribution in [0.2, 0.25) is 0 Å². The molecule has 0 bridgehead atoms. The molecule has 2 N–H and O–H groups in total. The number of anilines is 1. The fourth-order valence-corrected chi connectivity index (χ4v) is 3.04. The Morgan fingerprint density at radius 2 is 1.81 bits per heavy atom. The average molecular weight is 367 g/mol. The summed E-state index contributed by atoms with van der Waals surface area (Å²) in [5, 5.41) is 8.06. The highest BCUT2D eigenvalue weighted by Gasteiger charge is 2.11. The molecule has 0 aliphatic carbocycles. The molecule has 134 valence electrons. The smallest absolute Gasteiger partial charge is 0.171 e. The maximum atomic E-state index is 5.49. The standard InChI is InChI=1S/C20H21N3O2S/c1-13(14-6-8-15(24-2)9-7-14)22-20(26)23-17-10-11-18(25-3)19-16(17)5-4-12-21-19/h4-13H,1-3H3,(H2,22,23,26)/t13-/m0/s1. The molecule has 2 aromatic carbocycles. The van der Waals surface area contributed by atoms with E-state index in [4.69, 9.17) is 21.7 Å². The summed E-state index contributed by atoms with van der Waals surface area (Å²) < 4.78 is 10.6. The summed E-state index contributed by atoms with van der Waals surface area (Å²) in [6.07, 6.45) is 1.75. The van der Waals surface area contributed by atoms with Gasteiger partial charge in [-0.25, -0.2) is 0 Å². The minimum atomic E-state index is 0.0588. The SMILES string of the molecule is COc1ccc([C@H](C)NC(=S)Nc2ccc(OC)c3ncccc23)cc1. The molecule has 3 rings (SSSR count). The number of nitrogens with one attached hydrogen (secondary N) is 2. The Labute approximate surface area is 158 Å². The zero-order chi connectivity index (χ0) is 18.5. The lowest BCUT2D eigenvalue weighted by Crippen LogP contribution is -2.30. The van der Waals surface area contributed by atoms with Gasteiger partial charge in [0.1, 0.15) is 17.0 Å². The first kappa shape index (κ1) is 17.9. The van der Waals surface area contributed by atoms with Crippen LogP contribution in [0.5, 0.6) is 11.5 Å². The van der Waals surface area contributed by atoms with E-state index < -0.39 is 0 Å². The topological polar surface area (TPSA) is 55.4 Å². The monoisotopic (exact) mass is 367 g/mol. The number of thiocarbonyl (C=S) groups is 1. The maximum Gasteiger partial charge on any atom is 0.171 e. The van der Waals surface area contributed by atoms with E-state index in [1.807, 2.05) is 48.5 Å². The molecule has 0 aliphatic rings. The van der Waals surface area contributed by atoms with E-state index in [2.05, 4.69) is 22.5 Å². The highest BCUT2D eigenvalue weighted by molar-refractivity contribution is 7.80. The van der Waals surface area contributed by atoms with Gasteiger partial charge in [0.2, 0.25) is 0 Å². The predicted molar refractivity (Wildman–Crippen MR) is 109 cm³/mol. The van der Waals surface area contributed by atoms with Crippen molar-refractivity contribution in [1.82, 2.24) is 10.3 Å². The molecule has 1 heterocycles. The summed E-state index contributed by atoms with van der Waals surface area (Å²) in [5.74, 6) is 1.57. The molecule has 0 amide bonds. The Bertz CT molecular complexity index is 913. The molecule has 0 saturated carbocycles. The molecule has 3 aromatic rings. The van der Waals surface area contributed by atoms with Crippen molar-refractivity contribution < 1.29 is 9.47 Å². The van der Waals surface area contributed by atoms with Crippen LogP contribution < -0.4 is 20.1 Å². The van der Waals surface area contributed by atoms with Gasteiger partial charge in [0.05, 0.1) is 20.3 Å². The van der Waals surface area contributed by atoms with Gasteiger partial charge in [-0.05, 0) is 61.1 Å². The third-order valence-electron chi connectivity index (χ3n) is 4.16. The lowest BCUT2D eigenvalue weighted by atomic mass is 10.1. The first-order chi connectivity index (χ1) is 12.6. The zero-order valence-electron chi connectivity index (χ0n) is 14.9. The van der Waals surface area contributed by atoms with Gasteiger partial charge in [0, 0.05) is 17.3 Å². The summed E-state index contributed by atoms with van der Waals surface area (Å²) in [6.45, 7) is 2.06. The van der Waals surface area contributed by atoms with Crippen LogP contribution in [-0.2, 0) is 0 Å². The summed E-state index contributed by atoms with van der Waals surface area (Å²) in [7, 11) is 3.29. The number of hydrogen-bond donors (Lipinski definition) is 2. The number of rotatable bonds is 5. The van der Waals surface area contributed by atoms with Crippen LogP contribution in [0.1, 0.15) is 18.5 Å². The van der Waals surface area contributed by atoms with Crippen molar-refractivity contribution in [3.8, 4) is 11.5 Å². The molecule has 0 spiro atoms. The quantitative estimate of drug-likeness (QED) is 0.656. The number of methoxy groups -OCH3 is 2. The molecular weight excluding hydrogens is 346 g/mol. The molecule has 0 radical (unpaired) electrons. The second kappa shape index (κ2) is 8.01. The minimum absolute atomic E-state index is 0.0588. The third kappa shape index (κ3) is 3.86. The molecular formula is C20H21N3O2S. The summed E-state index contributed by atoms with van der Waals surface area (Å²) >= 11 is 5.49. The number of pyridine rings is 1. The molecule has 5 nitrogen and oxygen atoms in total. The van der Waals surface area contributed by atoms with Crippen LogP contribution in [0, 0.1) is 0 Å². The van der Waals surface area contributed by atoms with Crippen LogP contribution in [-0.4, -0.2) is 24.3 Å². The molecule has 1 atom stereocenters. The Kier molecular flexibility index (Phi) is 5.53. The Morgan fingerprint density at radius 3 is 2.50 bits per heavy atom. The number of fused-ring (bicyclic) bond motifs is 1. The number of aromatic nitrogens is 1. The van der Waals surface area contributed by atoms with Gasteiger partial charge in [-0.2, -0.15) is 0 Å². The van der Waals surface area contributed by atoms with Gasteiger partial charge in [0.25, 0.3) is 0 Å². The van der Waals surface area contributed by atoms with E-state index in [0.29, 0.717) is 5.11 Å². The lowest BCUT2D eigenvalue weighted by Gasteiger charge is -2.18. The van der Waals surface area contributed by atoms with Gasteiger partial charge >= 0.3 is 0 Å². The third-order valence-corrected chi connectivity index (χ3v) is 4.38. The Balaban J connectivity index is 1.74. The lowest BCUT2D eigenvalue weighted by molar-refractivity contribution is 0.414. The van der Waals surface area contributed by atoms with Crippen LogP contribution in [0.25, 0.3) is 10.9 Å². The normalized spacial score (nSPS) is 11.7. The molecule has 0 saturated heterocycles. The van der Waals surface area contributed by atoms with E-state index in [-0.39, 0.29) is 6.04 Å². The van der Waals surface area contributed by atoms with Crippen molar-refractivity contribution >= 4 is 33.9 Å². The highest BCUT2D eigenvalue weighted by Crippen LogP contribution is 2.29. The number of hydrogen-bond acceptors (Lipinski definition) is 4. The molecule has 6 heteroatoms. The van der Waals surface area contributed by atoms with Crippen molar-refractivity contribution in [3.05, 3.63) is 60.3 Å². The van der Waals surface area contributed by atoms with Gasteiger partial charge in [0.15, 0.2) is 5.11 Å². The van der Waals surface area contributed by atoms with E-state index in [0.717, 1.165) is 33.7 Å². The second-order valence-corrected chi connectivity index (χ2v) is 6.22. The first-order valence-electron chi connectivity index (χ1n) is 8.25. The first-order valence-corrected chi connectivity index (χ1v) is 8.66. The number of benzene rings is 2. The highest BCUT2D eigenvalue weighted by atomic mass is 32.1. The Hall–Kier alpha value is -2.86. The van der Waals surface area contributed by atoms with Crippen LogP contribution in [0.4, 0.5) is 5.69 Å². The van der Waals surface area contributed by atoms with Gasteiger partial charge in [-0.3, -0.25) is 4.98 Å². The predicted octanol–water partition coefficient (Wildman–Crippen LogP) is 4.30. The Morgan fingerprint density at radius 1 is 1.04 bits per heavy atom. The molecule has 1 aromatic heterocycles. The number of nitrogens with zero attached hydrogens (tertiary/aromatic N) is 1. The number of ether oxygens (including phenoxy) is 2. The van der Waals surface area contributed by atoms with Gasteiger partial charge in [-0.15, -0.1) is 0 Å². The van der Waals surface area contributed by atoms with Gasteiger partial charge < -0.3 is 20.1 Å². The fraction of sp³-hybridized carbons (Fsp3) is 0.200. The maximum absolute atomic E-state index is 5.49. The summed E-state index contributed by atoms with van der Waals surface area (Å²) in [6, 6.07) is 15.7. The average Bonchev–Trinajstić information content (AvgIpc) is 2.68. The van der Waals surface area contributed by atoms with Crippen molar-refractivity contribution in [2.24, 2.45) is 0 Å². The van der Waals surface area contributed by atoms with E-state index >= 15 is 0 Å². The van der Waals surface area contributed by atoms with Crippen molar-refractivity contribution in [2.75, 3.05) is 19.5 Å². The van der Waals surface area contributed by atoms with Crippen LogP contribution in [0.3, 0.4) is 0 Å². The van der Waals surface area contributed by atoms with Gasteiger partial charge in [-0.1, -0.05) is 12.1 Å². The molecule has 0 aliphatic heterocycles. The zero-order valence-corrected chi connectivity index (χ0v) is 15.8. The minimum Gasteiger partial charge on any atom is -0.497 e. The van der Waals surface area contributed by atoms with E-state index in [1.54, 1.807) is 20.4 Å². The molecule has 0 fully saturated rings. The van der Waals surface area contributed by atoms with Crippen molar-refractivity contribution in [2.45, 2.75) is 13.0 Å². The summed E-state index contributed by atoms with van der Waals surface area (Å²) in [5.41, 5.74) is 2.80. The second-order valence-electron chi connectivity index (χ2n) is 5.81. The van der Waals surface area contributed by atoms with E-state index in [1.165, 1.54) is 0 Å². The van der Waals surface area contributed by atoms with E-state index in [9.17, 15) is 0 Å².